The van der Waals surface area contributed by atoms with Crippen LogP contribution in [-0.2, 0) is 16.1 Å². The largest absolute Gasteiger partial charge is 0.488 e. The number of carbonyl (C=O) groups excluding carboxylic acids is 1. The van der Waals surface area contributed by atoms with E-state index in [2.05, 4.69) is 6.07 Å². The second-order valence-electron chi connectivity index (χ2n) is 10.4. The molecule has 47 heavy (non-hydrogen) atoms. The lowest BCUT2D eigenvalue weighted by molar-refractivity contribution is -0.138. The Balaban J connectivity index is 1.54. The summed E-state index contributed by atoms with van der Waals surface area (Å²) in [5, 5.41) is 9.98. The maximum Gasteiger partial charge on any atom is 0.338 e. The number of esters is 1. The number of hydrogen-bond acceptors (Lipinski definition) is 8. The molecule has 6 rings (SSSR count). The van der Waals surface area contributed by atoms with Crippen LogP contribution in [0.25, 0.3) is 11.8 Å². The van der Waals surface area contributed by atoms with Crippen molar-refractivity contribution in [2.75, 3.05) is 12.9 Å². The smallest absolute Gasteiger partial charge is 0.338 e. The van der Waals surface area contributed by atoms with Gasteiger partial charge in [0, 0.05) is 26.6 Å². The summed E-state index contributed by atoms with van der Waals surface area (Å²) in [6.45, 7) is 2.08. The Bertz CT molecular complexity index is 2220. The molecule has 5 aromatic rings. The van der Waals surface area contributed by atoms with Crippen molar-refractivity contribution in [2.45, 2.75) is 24.5 Å². The minimum atomic E-state index is -0.781. The van der Waals surface area contributed by atoms with E-state index in [1.54, 1.807) is 59.7 Å². The summed E-state index contributed by atoms with van der Waals surface area (Å²) >= 11 is 9.24. The van der Waals surface area contributed by atoms with Gasteiger partial charge in [0.05, 0.1) is 40.1 Å². The summed E-state index contributed by atoms with van der Waals surface area (Å²) in [6.07, 6.45) is 3.72. The van der Waals surface area contributed by atoms with Crippen molar-refractivity contribution in [1.82, 2.24) is 4.57 Å². The lowest BCUT2D eigenvalue weighted by Crippen LogP contribution is -2.40. The predicted molar refractivity (Wildman–Crippen MR) is 186 cm³/mol. The summed E-state index contributed by atoms with van der Waals surface area (Å²) < 4.78 is 13.7. The molecule has 0 fully saturated rings. The first-order valence-electron chi connectivity index (χ1n) is 14.7. The van der Waals surface area contributed by atoms with Gasteiger partial charge in [0.1, 0.15) is 12.4 Å². The molecule has 7 nitrogen and oxygen atoms in total. The fraction of sp³-hybridized carbons (Fsp3) is 0.135. The minimum Gasteiger partial charge on any atom is -0.488 e. The fourth-order valence-electron chi connectivity index (χ4n) is 5.36. The number of rotatable bonds is 9. The van der Waals surface area contributed by atoms with Crippen LogP contribution in [0.5, 0.6) is 5.75 Å². The SMILES string of the molecule is CCOC(=O)C1=C(c2ccccc2)N=c2s/c(=C\c3cc(Cl)ccc3OCc3ccccc3C#N)c(=O)n2[C@H]1c1ccc(SC)cc1. The van der Waals surface area contributed by atoms with Crippen LogP contribution in [0.4, 0.5) is 0 Å². The molecule has 1 aliphatic rings. The molecule has 2 heterocycles. The van der Waals surface area contributed by atoms with Crippen LogP contribution in [0, 0.1) is 11.3 Å². The summed E-state index contributed by atoms with van der Waals surface area (Å²) in [5.41, 5.74) is 3.77. The Morgan fingerprint density at radius 1 is 1.06 bits per heavy atom. The molecule has 1 aliphatic heterocycles. The molecule has 0 aliphatic carbocycles. The Labute approximate surface area is 284 Å². The zero-order valence-corrected chi connectivity index (χ0v) is 27.9. The summed E-state index contributed by atoms with van der Waals surface area (Å²) in [4.78, 5) is 34.5. The topological polar surface area (TPSA) is 93.7 Å². The normalized spacial score (nSPS) is 14.3. The average Bonchev–Trinajstić information content (AvgIpc) is 3.41. The van der Waals surface area contributed by atoms with E-state index in [4.69, 9.17) is 26.1 Å². The number of benzene rings is 4. The number of hydrogen-bond donors (Lipinski definition) is 0. The molecule has 0 saturated heterocycles. The van der Waals surface area contributed by atoms with Gasteiger partial charge in [0.15, 0.2) is 4.80 Å². The lowest BCUT2D eigenvalue weighted by atomic mass is 9.93. The molecule has 0 saturated carbocycles. The van der Waals surface area contributed by atoms with Crippen molar-refractivity contribution in [3.8, 4) is 11.8 Å². The Hall–Kier alpha value is -4.88. The second-order valence-corrected chi connectivity index (χ2v) is 12.8. The Kier molecular flexibility index (Phi) is 9.73. The molecule has 1 aromatic heterocycles. The molecule has 0 N–H and O–H groups in total. The maximum absolute atomic E-state index is 14.3. The van der Waals surface area contributed by atoms with Gasteiger partial charge in [-0.2, -0.15) is 5.26 Å². The highest BCUT2D eigenvalue weighted by atomic mass is 35.5. The molecule has 0 bridgehead atoms. The zero-order chi connectivity index (χ0) is 32.9. The van der Waals surface area contributed by atoms with Crippen LogP contribution < -0.4 is 19.6 Å². The van der Waals surface area contributed by atoms with Crippen molar-refractivity contribution >= 4 is 52.4 Å². The summed E-state index contributed by atoms with van der Waals surface area (Å²) in [7, 11) is 0. The van der Waals surface area contributed by atoms with Gasteiger partial charge in [0.2, 0.25) is 0 Å². The van der Waals surface area contributed by atoms with E-state index in [1.807, 2.05) is 73.0 Å². The van der Waals surface area contributed by atoms with Gasteiger partial charge in [-0.15, -0.1) is 11.8 Å². The Morgan fingerprint density at radius 2 is 1.81 bits per heavy atom. The molecule has 0 radical (unpaired) electrons. The van der Waals surface area contributed by atoms with Gasteiger partial charge in [0.25, 0.3) is 5.56 Å². The third-order valence-electron chi connectivity index (χ3n) is 7.58. The molecule has 234 valence electrons. The summed E-state index contributed by atoms with van der Waals surface area (Å²) in [6, 6.07) is 31.1. The van der Waals surface area contributed by atoms with Gasteiger partial charge in [-0.25, -0.2) is 9.79 Å². The fourth-order valence-corrected chi connectivity index (χ4v) is 6.94. The second kappa shape index (κ2) is 14.3. The first-order valence-corrected chi connectivity index (χ1v) is 17.2. The number of aromatic nitrogens is 1. The minimum absolute atomic E-state index is 0.156. The van der Waals surface area contributed by atoms with Crippen LogP contribution in [0.15, 0.2) is 117 Å². The highest BCUT2D eigenvalue weighted by molar-refractivity contribution is 7.98. The molecule has 0 unspecified atom stereocenters. The van der Waals surface area contributed by atoms with E-state index in [9.17, 15) is 14.9 Å². The van der Waals surface area contributed by atoms with Crippen LogP contribution >= 0.6 is 34.7 Å². The van der Waals surface area contributed by atoms with Gasteiger partial charge in [-0.3, -0.25) is 9.36 Å². The standard InChI is InChI=1S/C37H28ClN3O4S2/c1-3-44-36(43)32-33(23-9-5-4-6-10-23)40-37-41(34(32)24-13-16-29(46-2)17-14-24)35(42)31(47-37)20-27-19-28(38)15-18-30(27)45-22-26-12-8-7-11-25(26)21-39/h4-20,34H,3,22H2,1-2H3/b31-20-/t34-/m0/s1. The lowest BCUT2D eigenvalue weighted by Gasteiger charge is -2.26. The molecule has 0 amide bonds. The number of thioether (sulfide) groups is 1. The van der Waals surface area contributed by atoms with E-state index in [0.717, 1.165) is 21.6 Å². The van der Waals surface area contributed by atoms with Gasteiger partial charge < -0.3 is 9.47 Å². The molecule has 10 heteroatoms. The van der Waals surface area contributed by atoms with Gasteiger partial charge in [-0.1, -0.05) is 83.6 Å². The van der Waals surface area contributed by atoms with Crippen LogP contribution in [0.1, 0.15) is 40.8 Å². The molecule has 0 spiro atoms. The quantitative estimate of drug-likeness (QED) is 0.126. The van der Waals surface area contributed by atoms with E-state index in [0.29, 0.717) is 36.9 Å². The van der Waals surface area contributed by atoms with Crippen LogP contribution in [-0.4, -0.2) is 23.4 Å². The molecule has 4 aromatic carbocycles. The van der Waals surface area contributed by atoms with Crippen molar-refractivity contribution in [3.63, 3.8) is 0 Å². The number of nitrogens with zero attached hydrogens (tertiary/aromatic N) is 3. The molecular formula is C37H28ClN3O4S2. The van der Waals surface area contributed by atoms with Crippen molar-refractivity contribution < 1.29 is 14.3 Å². The summed E-state index contributed by atoms with van der Waals surface area (Å²) in [5.74, 6) is -0.0409. The van der Waals surface area contributed by atoms with E-state index >= 15 is 0 Å². The highest BCUT2D eigenvalue weighted by Gasteiger charge is 2.35. The third kappa shape index (κ3) is 6.67. The molecular weight excluding hydrogens is 650 g/mol. The van der Waals surface area contributed by atoms with E-state index < -0.39 is 12.0 Å². The first-order chi connectivity index (χ1) is 22.9. The van der Waals surface area contributed by atoms with Crippen LogP contribution in [0.3, 0.4) is 0 Å². The van der Waals surface area contributed by atoms with E-state index in [1.165, 1.54) is 11.3 Å². The number of ether oxygens (including phenoxy) is 2. The van der Waals surface area contributed by atoms with E-state index in [-0.39, 0.29) is 24.3 Å². The van der Waals surface area contributed by atoms with Crippen molar-refractivity contribution in [2.24, 2.45) is 4.99 Å². The molecule has 1 atom stereocenters. The monoisotopic (exact) mass is 677 g/mol. The van der Waals surface area contributed by atoms with Crippen molar-refractivity contribution in [3.05, 3.63) is 155 Å². The predicted octanol–water partition coefficient (Wildman–Crippen LogP) is 6.76. The number of thiazole rings is 1. The first kappa shape index (κ1) is 32.1. The highest BCUT2D eigenvalue weighted by Crippen LogP contribution is 2.36. The van der Waals surface area contributed by atoms with Gasteiger partial charge in [-0.05, 0) is 61.2 Å². The average molecular weight is 678 g/mol. The number of nitriles is 1. The Morgan fingerprint density at radius 3 is 2.53 bits per heavy atom. The number of fused-ring (bicyclic) bond motifs is 1. The van der Waals surface area contributed by atoms with Crippen LogP contribution in [0.2, 0.25) is 5.02 Å². The third-order valence-corrected chi connectivity index (χ3v) is 9.55. The van der Waals surface area contributed by atoms with Crippen molar-refractivity contribution in [1.29, 1.82) is 5.26 Å². The number of halogens is 1. The van der Waals surface area contributed by atoms with Gasteiger partial charge >= 0.3 is 5.97 Å². The zero-order valence-electron chi connectivity index (χ0n) is 25.5. The number of carbonyl (C=O) groups is 1. The maximum atomic E-state index is 14.3.